The van der Waals surface area contributed by atoms with Gasteiger partial charge >= 0.3 is 0 Å². The number of fused-ring (bicyclic) bond motifs is 1. The maximum Gasteiger partial charge on any atom is 0.260 e. The largest absolute Gasteiger partial charge is 0.492 e. The van der Waals surface area contributed by atoms with E-state index in [0.29, 0.717) is 61.5 Å². The number of para-hydroxylation sites is 1. The fourth-order valence-corrected chi connectivity index (χ4v) is 4.99. The summed E-state index contributed by atoms with van der Waals surface area (Å²) in [4.78, 5) is 29.4. The van der Waals surface area contributed by atoms with Crippen LogP contribution in [0.2, 0.25) is 5.02 Å². The molecule has 1 fully saturated rings. The van der Waals surface area contributed by atoms with Gasteiger partial charge in [-0.15, -0.1) is 0 Å². The Bertz CT molecular complexity index is 1040. The molecule has 0 atom stereocenters. The van der Waals surface area contributed by atoms with Gasteiger partial charge in [-0.1, -0.05) is 36.2 Å². The van der Waals surface area contributed by atoms with Crippen LogP contribution in [0.3, 0.4) is 0 Å². The molecule has 2 amide bonds. The number of benzene rings is 2. The molecule has 8 heteroatoms. The molecule has 2 aromatic carbocycles. The third-order valence-corrected chi connectivity index (χ3v) is 7.39. The Morgan fingerprint density at radius 3 is 2.64 bits per heavy atom. The quantitative estimate of drug-likeness (QED) is 0.595. The van der Waals surface area contributed by atoms with Gasteiger partial charge in [-0.25, -0.2) is 0 Å². The Morgan fingerprint density at radius 2 is 1.83 bits per heavy atom. The number of piperidine rings is 1. The molecule has 1 saturated heterocycles. The highest BCUT2D eigenvalue weighted by Gasteiger charge is 2.37. The molecule has 2 aromatic rings. The summed E-state index contributed by atoms with van der Waals surface area (Å²) in [6, 6.07) is 14.5. The minimum atomic E-state index is -0.0690. The number of amides is 2. The van der Waals surface area contributed by atoms with Gasteiger partial charge in [0.15, 0.2) is 6.61 Å². The number of likely N-dealkylation sites (tertiary alicyclic amines) is 1. The minimum absolute atomic E-state index is 0.00974. The highest BCUT2D eigenvalue weighted by molar-refractivity contribution is 6.30. The highest BCUT2D eigenvalue weighted by atomic mass is 35.5. The Labute approximate surface area is 218 Å². The molecule has 0 aromatic heterocycles. The van der Waals surface area contributed by atoms with Crippen LogP contribution in [-0.2, 0) is 9.53 Å². The van der Waals surface area contributed by atoms with Crippen molar-refractivity contribution in [3.8, 4) is 11.5 Å². The summed E-state index contributed by atoms with van der Waals surface area (Å²) in [5.74, 6) is 1.10. The third-order valence-electron chi connectivity index (χ3n) is 7.15. The predicted octanol–water partition coefficient (Wildman–Crippen LogP) is 4.68. The van der Waals surface area contributed by atoms with Crippen LogP contribution in [0.15, 0.2) is 48.5 Å². The minimum Gasteiger partial charge on any atom is -0.492 e. The number of halogens is 1. The summed E-state index contributed by atoms with van der Waals surface area (Å²) >= 11 is 6.01. The zero-order valence-electron chi connectivity index (χ0n) is 20.9. The van der Waals surface area contributed by atoms with Gasteiger partial charge in [-0.3, -0.25) is 9.59 Å². The lowest BCUT2D eigenvalue weighted by molar-refractivity contribution is -0.136. The Balaban J connectivity index is 1.40. The fourth-order valence-electron chi connectivity index (χ4n) is 4.80. The van der Waals surface area contributed by atoms with E-state index in [1.165, 1.54) is 0 Å². The first kappa shape index (κ1) is 26.3. The number of likely N-dealkylation sites (N-methyl/N-ethyl adjacent to an activating group) is 1. The average Bonchev–Trinajstić information content (AvgIpc) is 2.90. The van der Waals surface area contributed by atoms with E-state index >= 15 is 0 Å². The van der Waals surface area contributed by atoms with E-state index in [2.05, 4.69) is 0 Å². The van der Waals surface area contributed by atoms with Crippen LogP contribution in [0.25, 0.3) is 0 Å². The van der Waals surface area contributed by atoms with Gasteiger partial charge in [0.25, 0.3) is 11.8 Å². The van der Waals surface area contributed by atoms with Crippen molar-refractivity contribution in [1.82, 2.24) is 9.80 Å². The first-order valence-corrected chi connectivity index (χ1v) is 13.0. The van der Waals surface area contributed by atoms with Gasteiger partial charge in [0.2, 0.25) is 0 Å². The normalized spacial score (nSPS) is 19.2. The van der Waals surface area contributed by atoms with Gasteiger partial charge < -0.3 is 24.0 Å². The molecule has 0 saturated carbocycles. The standard InChI is InChI=1S/C28H35ClN2O5/c1-30-16-18-34-17-5-4-11-28(21-36-25-10-3-2-9-24(25)27(30)33)12-14-31(15-13-28)26(32)20-35-23-8-6-7-22(29)19-23/h2-3,6-10,19H,4-5,11-18,20-21H2,1H3. The van der Waals surface area contributed by atoms with Crippen molar-refractivity contribution in [2.45, 2.75) is 32.1 Å². The van der Waals surface area contributed by atoms with Gasteiger partial charge in [0.1, 0.15) is 11.5 Å². The van der Waals surface area contributed by atoms with Gasteiger partial charge in [-0.05, 0) is 56.0 Å². The molecule has 194 valence electrons. The molecule has 2 heterocycles. The second kappa shape index (κ2) is 12.5. The molecular formula is C28H35ClN2O5. The molecule has 0 unspecified atom stereocenters. The molecule has 2 aliphatic rings. The fraction of sp³-hybridized carbons (Fsp3) is 0.500. The summed E-state index contributed by atoms with van der Waals surface area (Å²) in [6.45, 7) is 3.56. The van der Waals surface area contributed by atoms with E-state index in [1.807, 2.05) is 29.2 Å². The summed E-state index contributed by atoms with van der Waals surface area (Å²) in [5.41, 5.74) is 0.509. The van der Waals surface area contributed by atoms with Crippen LogP contribution in [-0.4, -0.2) is 74.7 Å². The Hall–Kier alpha value is -2.77. The Kier molecular flexibility index (Phi) is 9.10. The Morgan fingerprint density at radius 1 is 1.03 bits per heavy atom. The molecule has 0 aliphatic carbocycles. The molecule has 0 radical (unpaired) electrons. The van der Waals surface area contributed by atoms with Crippen LogP contribution in [0, 0.1) is 5.41 Å². The predicted molar refractivity (Wildman–Crippen MR) is 139 cm³/mol. The molecule has 4 rings (SSSR count). The molecule has 2 aliphatic heterocycles. The number of carbonyl (C=O) groups excluding carboxylic acids is 2. The lowest BCUT2D eigenvalue weighted by Gasteiger charge is -2.42. The summed E-state index contributed by atoms with van der Waals surface area (Å²) < 4.78 is 17.8. The third kappa shape index (κ3) is 6.92. The second-order valence-corrected chi connectivity index (χ2v) is 10.1. The smallest absolute Gasteiger partial charge is 0.260 e. The van der Waals surface area contributed by atoms with Crippen molar-refractivity contribution in [3.63, 3.8) is 0 Å². The first-order valence-electron chi connectivity index (χ1n) is 12.7. The topological polar surface area (TPSA) is 68.3 Å². The van der Waals surface area contributed by atoms with Crippen LogP contribution < -0.4 is 9.47 Å². The highest BCUT2D eigenvalue weighted by Crippen LogP contribution is 2.38. The van der Waals surface area contributed by atoms with Crippen molar-refractivity contribution in [2.75, 3.05) is 53.1 Å². The lowest BCUT2D eigenvalue weighted by atomic mass is 9.75. The van der Waals surface area contributed by atoms with E-state index in [1.54, 1.807) is 36.2 Å². The summed E-state index contributed by atoms with van der Waals surface area (Å²) in [5, 5.41) is 0.578. The number of hydrogen-bond donors (Lipinski definition) is 0. The molecule has 7 nitrogen and oxygen atoms in total. The molecule has 1 spiro atoms. The van der Waals surface area contributed by atoms with Crippen LogP contribution in [0.5, 0.6) is 11.5 Å². The van der Waals surface area contributed by atoms with Gasteiger partial charge in [-0.2, -0.15) is 0 Å². The molecular weight excluding hydrogens is 480 g/mol. The van der Waals surface area contributed by atoms with Crippen molar-refractivity contribution in [2.24, 2.45) is 5.41 Å². The lowest BCUT2D eigenvalue weighted by Crippen LogP contribution is -2.47. The zero-order chi connectivity index (χ0) is 25.4. The van der Waals surface area contributed by atoms with Gasteiger partial charge in [0, 0.05) is 43.7 Å². The maximum atomic E-state index is 13.0. The van der Waals surface area contributed by atoms with Crippen LogP contribution >= 0.6 is 11.6 Å². The van der Waals surface area contributed by atoms with E-state index in [9.17, 15) is 9.59 Å². The SMILES string of the molecule is CN1CCOCCCCC2(CCN(C(=O)COc3cccc(Cl)c3)CC2)COc2ccccc2C1=O. The van der Waals surface area contributed by atoms with Crippen LogP contribution in [0.4, 0.5) is 0 Å². The van der Waals surface area contributed by atoms with Crippen molar-refractivity contribution >= 4 is 23.4 Å². The molecule has 0 bridgehead atoms. The summed E-state index contributed by atoms with van der Waals surface area (Å²) in [7, 11) is 1.79. The summed E-state index contributed by atoms with van der Waals surface area (Å²) in [6.07, 6.45) is 4.67. The van der Waals surface area contributed by atoms with Crippen molar-refractivity contribution in [3.05, 3.63) is 59.1 Å². The van der Waals surface area contributed by atoms with Crippen molar-refractivity contribution < 1.29 is 23.8 Å². The van der Waals surface area contributed by atoms with Crippen LogP contribution in [0.1, 0.15) is 42.5 Å². The first-order chi connectivity index (χ1) is 17.5. The zero-order valence-corrected chi connectivity index (χ0v) is 21.7. The van der Waals surface area contributed by atoms with E-state index in [4.69, 9.17) is 25.8 Å². The second-order valence-electron chi connectivity index (χ2n) is 9.71. The average molecular weight is 515 g/mol. The number of rotatable bonds is 3. The number of carbonyl (C=O) groups is 2. The van der Waals surface area contributed by atoms with E-state index < -0.39 is 0 Å². The van der Waals surface area contributed by atoms with E-state index in [-0.39, 0.29) is 23.8 Å². The maximum absolute atomic E-state index is 13.0. The van der Waals surface area contributed by atoms with Gasteiger partial charge in [0.05, 0.1) is 18.8 Å². The number of hydrogen-bond acceptors (Lipinski definition) is 5. The monoisotopic (exact) mass is 514 g/mol. The number of nitrogens with zero attached hydrogens (tertiary/aromatic N) is 2. The van der Waals surface area contributed by atoms with E-state index in [0.717, 1.165) is 32.1 Å². The molecule has 0 N–H and O–H groups in total. The number of ether oxygens (including phenoxy) is 3. The van der Waals surface area contributed by atoms with Crippen molar-refractivity contribution in [1.29, 1.82) is 0 Å². The molecule has 36 heavy (non-hydrogen) atoms.